The minimum absolute atomic E-state index is 0.158. The molecule has 2 atom stereocenters. The summed E-state index contributed by atoms with van der Waals surface area (Å²) < 4.78 is 0. The van der Waals surface area contributed by atoms with E-state index in [2.05, 4.69) is 5.32 Å². The minimum atomic E-state index is -0.831. The van der Waals surface area contributed by atoms with Crippen LogP contribution in [0.15, 0.2) is 0 Å². The van der Waals surface area contributed by atoms with Crippen molar-refractivity contribution in [1.82, 2.24) is 10.2 Å². The molecule has 0 bridgehead atoms. The smallest absolute Gasteiger partial charge is 0.307 e. The summed E-state index contributed by atoms with van der Waals surface area (Å²) in [5.41, 5.74) is 0. The van der Waals surface area contributed by atoms with Gasteiger partial charge in [-0.1, -0.05) is 0 Å². The largest absolute Gasteiger partial charge is 0.481 e. The van der Waals surface area contributed by atoms with Gasteiger partial charge in [-0.25, -0.2) is 0 Å². The molecule has 0 radical (unpaired) electrons. The molecule has 2 heterocycles. The van der Waals surface area contributed by atoms with Crippen LogP contribution in [0.25, 0.3) is 0 Å². The second-order valence-corrected chi connectivity index (χ2v) is 3.95. The molecule has 15 heavy (non-hydrogen) atoms. The lowest BCUT2D eigenvalue weighted by molar-refractivity contribution is -0.141. The summed E-state index contributed by atoms with van der Waals surface area (Å²) in [5.74, 6) is -1.81. The number of carbonyl (C=O) groups excluding carboxylic acids is 2. The lowest BCUT2D eigenvalue weighted by Gasteiger charge is -2.19. The number of carboxylic acids is 1. The quantitative estimate of drug-likeness (QED) is 0.562. The van der Waals surface area contributed by atoms with E-state index in [0.717, 1.165) is 0 Å². The van der Waals surface area contributed by atoms with Crippen LogP contribution in [0, 0.1) is 5.92 Å². The van der Waals surface area contributed by atoms with E-state index >= 15 is 0 Å². The maximum absolute atomic E-state index is 11.3. The van der Waals surface area contributed by atoms with Gasteiger partial charge in [0.2, 0.25) is 11.8 Å². The highest BCUT2D eigenvalue weighted by atomic mass is 16.4. The van der Waals surface area contributed by atoms with Gasteiger partial charge in [0.25, 0.3) is 0 Å². The average Bonchev–Trinajstić information content (AvgIpc) is 2.71. The van der Waals surface area contributed by atoms with Gasteiger partial charge >= 0.3 is 5.97 Å². The van der Waals surface area contributed by atoms with Crippen molar-refractivity contribution in [2.45, 2.75) is 18.9 Å². The second kappa shape index (κ2) is 3.62. The number of imide groups is 1. The zero-order valence-electron chi connectivity index (χ0n) is 8.10. The van der Waals surface area contributed by atoms with Crippen LogP contribution in [-0.2, 0) is 14.4 Å². The lowest BCUT2D eigenvalue weighted by Crippen LogP contribution is -2.39. The van der Waals surface area contributed by atoms with Gasteiger partial charge in [0.05, 0.1) is 18.4 Å². The first-order valence-electron chi connectivity index (χ1n) is 4.88. The zero-order chi connectivity index (χ0) is 11.0. The molecule has 2 aliphatic heterocycles. The summed E-state index contributed by atoms with van der Waals surface area (Å²) in [7, 11) is 0. The van der Waals surface area contributed by atoms with Crippen molar-refractivity contribution in [2.24, 2.45) is 5.92 Å². The third-order valence-electron chi connectivity index (χ3n) is 2.95. The van der Waals surface area contributed by atoms with Crippen molar-refractivity contribution in [2.75, 3.05) is 13.1 Å². The van der Waals surface area contributed by atoms with Gasteiger partial charge in [-0.3, -0.25) is 24.6 Å². The normalized spacial score (nSPS) is 32.0. The summed E-state index contributed by atoms with van der Waals surface area (Å²) in [6.07, 6.45) is 0.707. The highest BCUT2D eigenvalue weighted by molar-refractivity contribution is 6.05. The van der Waals surface area contributed by atoms with Crippen LogP contribution in [0.2, 0.25) is 0 Å². The monoisotopic (exact) mass is 212 g/mol. The molecule has 2 amide bonds. The Morgan fingerprint density at radius 3 is 2.67 bits per heavy atom. The molecule has 2 aliphatic rings. The molecule has 0 aromatic heterocycles. The van der Waals surface area contributed by atoms with E-state index in [9.17, 15) is 14.4 Å². The predicted octanol–water partition coefficient (Wildman–Crippen LogP) is -1.19. The molecular formula is C9H12N2O4. The van der Waals surface area contributed by atoms with Crippen LogP contribution < -0.4 is 5.32 Å². The molecule has 2 fully saturated rings. The molecule has 0 aromatic rings. The number of amides is 2. The lowest BCUT2D eigenvalue weighted by atomic mass is 10.1. The number of nitrogens with one attached hydrogen (secondary N) is 1. The van der Waals surface area contributed by atoms with E-state index in [4.69, 9.17) is 5.11 Å². The fourth-order valence-electron chi connectivity index (χ4n) is 2.11. The second-order valence-electron chi connectivity index (χ2n) is 3.95. The first-order chi connectivity index (χ1) is 7.08. The Hall–Kier alpha value is -1.43. The maximum atomic E-state index is 11.3. The molecular weight excluding hydrogens is 200 g/mol. The highest BCUT2D eigenvalue weighted by Gasteiger charge is 2.40. The number of nitrogens with zero attached hydrogens (tertiary/aromatic N) is 1. The molecule has 82 valence electrons. The van der Waals surface area contributed by atoms with E-state index in [-0.39, 0.29) is 18.2 Å². The Kier molecular flexibility index (Phi) is 2.44. The summed E-state index contributed by atoms with van der Waals surface area (Å²) in [5, 5.41) is 11.0. The number of aliphatic carboxylic acids is 1. The molecule has 0 saturated carbocycles. The zero-order valence-corrected chi connectivity index (χ0v) is 8.10. The average molecular weight is 212 g/mol. The van der Waals surface area contributed by atoms with E-state index in [1.807, 2.05) is 0 Å². The maximum Gasteiger partial charge on any atom is 0.307 e. The van der Waals surface area contributed by atoms with E-state index in [1.165, 1.54) is 0 Å². The number of hydrogen-bond acceptors (Lipinski definition) is 4. The molecule has 2 N–H and O–H groups in total. The number of likely N-dealkylation sites (tertiary alicyclic amines) is 1. The van der Waals surface area contributed by atoms with Gasteiger partial charge in [0.15, 0.2) is 0 Å². The molecule has 0 spiro atoms. The summed E-state index contributed by atoms with van der Waals surface area (Å²) in [6.45, 7) is 0.934. The predicted molar refractivity (Wildman–Crippen MR) is 48.9 cm³/mol. The van der Waals surface area contributed by atoms with Crippen LogP contribution in [0.5, 0.6) is 0 Å². The Bertz CT molecular complexity index is 328. The van der Waals surface area contributed by atoms with Crippen LogP contribution in [-0.4, -0.2) is 46.9 Å². The third kappa shape index (κ3) is 1.85. The van der Waals surface area contributed by atoms with Gasteiger partial charge in [-0.05, 0) is 13.0 Å². The molecule has 0 aromatic carbocycles. The number of carbonyl (C=O) groups is 3. The fraction of sp³-hybridized carbons (Fsp3) is 0.667. The van der Waals surface area contributed by atoms with Crippen molar-refractivity contribution in [3.63, 3.8) is 0 Å². The Morgan fingerprint density at radius 1 is 1.47 bits per heavy atom. The van der Waals surface area contributed by atoms with Crippen molar-refractivity contribution in [3.05, 3.63) is 0 Å². The van der Waals surface area contributed by atoms with E-state index in [1.54, 1.807) is 4.90 Å². The van der Waals surface area contributed by atoms with Crippen LogP contribution >= 0.6 is 0 Å². The van der Waals surface area contributed by atoms with E-state index < -0.39 is 17.9 Å². The molecule has 2 saturated heterocycles. The molecule has 6 heteroatoms. The van der Waals surface area contributed by atoms with E-state index in [0.29, 0.717) is 19.5 Å². The van der Waals surface area contributed by atoms with Crippen molar-refractivity contribution in [1.29, 1.82) is 0 Å². The summed E-state index contributed by atoms with van der Waals surface area (Å²) in [4.78, 5) is 34.8. The first kappa shape index (κ1) is 10.1. The summed E-state index contributed by atoms with van der Waals surface area (Å²) >= 11 is 0. The van der Waals surface area contributed by atoms with Gasteiger partial charge in [-0.2, -0.15) is 0 Å². The third-order valence-corrected chi connectivity index (χ3v) is 2.95. The van der Waals surface area contributed by atoms with Gasteiger partial charge in [-0.15, -0.1) is 0 Å². The molecule has 0 aliphatic carbocycles. The molecule has 6 nitrogen and oxygen atoms in total. The Balaban J connectivity index is 1.99. The minimum Gasteiger partial charge on any atom is -0.481 e. The molecule has 2 rings (SSSR count). The molecule has 2 unspecified atom stereocenters. The van der Waals surface area contributed by atoms with Crippen molar-refractivity contribution in [3.8, 4) is 0 Å². The number of carboxylic acid groups (broad SMARTS) is 1. The van der Waals surface area contributed by atoms with Crippen LogP contribution in [0.4, 0.5) is 0 Å². The van der Waals surface area contributed by atoms with Crippen LogP contribution in [0.3, 0.4) is 0 Å². The SMILES string of the molecule is O=C1CC(N2CCC(C(=O)O)C2)C(=O)N1. The van der Waals surface area contributed by atoms with Gasteiger partial charge in [0.1, 0.15) is 0 Å². The van der Waals surface area contributed by atoms with Crippen molar-refractivity contribution >= 4 is 17.8 Å². The number of rotatable bonds is 2. The van der Waals surface area contributed by atoms with Gasteiger partial charge < -0.3 is 5.11 Å². The van der Waals surface area contributed by atoms with Gasteiger partial charge in [0, 0.05) is 6.54 Å². The van der Waals surface area contributed by atoms with Crippen molar-refractivity contribution < 1.29 is 19.5 Å². The Labute approximate surface area is 86.2 Å². The Morgan fingerprint density at radius 2 is 2.20 bits per heavy atom. The summed E-state index contributed by atoms with van der Waals surface area (Å²) in [6, 6.07) is -0.457. The standard InChI is InChI=1S/C9H12N2O4/c12-7-3-6(8(13)10-7)11-2-1-5(4-11)9(14)15/h5-6H,1-4H2,(H,14,15)(H,10,12,13). The van der Waals surface area contributed by atoms with Crippen LogP contribution in [0.1, 0.15) is 12.8 Å². The first-order valence-corrected chi connectivity index (χ1v) is 4.88. The fourth-order valence-corrected chi connectivity index (χ4v) is 2.11. The number of hydrogen-bond donors (Lipinski definition) is 2. The topological polar surface area (TPSA) is 86.7 Å². The highest BCUT2D eigenvalue weighted by Crippen LogP contribution is 2.22.